The van der Waals surface area contributed by atoms with Crippen molar-refractivity contribution >= 4 is 23.6 Å². The first kappa shape index (κ1) is 16.2. The zero-order valence-electron chi connectivity index (χ0n) is 12.5. The van der Waals surface area contributed by atoms with Gasteiger partial charge < -0.3 is 20.1 Å². The van der Waals surface area contributed by atoms with Crippen LogP contribution < -0.4 is 15.4 Å². The van der Waals surface area contributed by atoms with Gasteiger partial charge >= 0.3 is 12.0 Å². The lowest BCUT2D eigenvalue weighted by Gasteiger charge is -2.29. The van der Waals surface area contributed by atoms with E-state index in [1.54, 1.807) is 25.1 Å². The summed E-state index contributed by atoms with van der Waals surface area (Å²) in [6.45, 7) is 3.94. The molecule has 0 saturated heterocycles. The SMILES string of the molecule is CCOc1ccc(Cl)cc1C1NC(=O)NC(C)=C1C(=O)OC. The molecule has 1 atom stereocenters. The molecule has 0 saturated carbocycles. The molecule has 1 heterocycles. The van der Waals surface area contributed by atoms with Crippen LogP contribution in [-0.2, 0) is 9.53 Å². The van der Waals surface area contributed by atoms with Crippen LogP contribution in [0, 0.1) is 0 Å². The highest BCUT2D eigenvalue weighted by atomic mass is 35.5. The standard InChI is InChI=1S/C15H17ClN2O4/c1-4-22-11-6-5-9(16)7-10(11)13-12(14(19)21-3)8(2)17-15(20)18-13/h5-7,13H,4H2,1-3H3,(H2,17,18,20). The van der Waals surface area contributed by atoms with Gasteiger partial charge in [-0.3, -0.25) is 0 Å². The van der Waals surface area contributed by atoms with Crippen LogP contribution >= 0.6 is 11.6 Å². The summed E-state index contributed by atoms with van der Waals surface area (Å²) >= 11 is 6.05. The van der Waals surface area contributed by atoms with Crippen LogP contribution in [0.2, 0.25) is 5.02 Å². The number of nitrogens with one attached hydrogen (secondary N) is 2. The Morgan fingerprint density at radius 2 is 2.14 bits per heavy atom. The number of hydrogen-bond donors (Lipinski definition) is 2. The molecule has 2 N–H and O–H groups in total. The van der Waals surface area contributed by atoms with Crippen molar-refractivity contribution in [1.82, 2.24) is 10.6 Å². The van der Waals surface area contributed by atoms with Crippen LogP contribution in [-0.4, -0.2) is 25.7 Å². The Labute approximate surface area is 133 Å². The first-order valence-electron chi connectivity index (χ1n) is 6.76. The average Bonchev–Trinajstić information content (AvgIpc) is 2.47. The molecule has 0 radical (unpaired) electrons. The molecule has 1 aromatic carbocycles. The number of carbonyl (C=O) groups excluding carboxylic acids is 2. The summed E-state index contributed by atoms with van der Waals surface area (Å²) in [5.74, 6) is 0.0192. The Hall–Kier alpha value is -2.21. The smallest absolute Gasteiger partial charge is 0.337 e. The van der Waals surface area contributed by atoms with Crippen LogP contribution in [0.5, 0.6) is 5.75 Å². The van der Waals surface area contributed by atoms with E-state index in [0.717, 1.165) is 0 Å². The van der Waals surface area contributed by atoms with Crippen LogP contribution in [0.4, 0.5) is 4.79 Å². The van der Waals surface area contributed by atoms with Gasteiger partial charge in [-0.1, -0.05) is 11.6 Å². The third kappa shape index (κ3) is 3.17. The van der Waals surface area contributed by atoms with Crippen molar-refractivity contribution in [3.8, 4) is 5.75 Å². The number of esters is 1. The largest absolute Gasteiger partial charge is 0.494 e. The molecule has 1 aromatic rings. The van der Waals surface area contributed by atoms with Gasteiger partial charge in [-0.25, -0.2) is 9.59 Å². The molecule has 0 spiro atoms. The number of ether oxygens (including phenoxy) is 2. The van der Waals surface area contributed by atoms with Gasteiger partial charge in [-0.05, 0) is 32.0 Å². The van der Waals surface area contributed by atoms with Crippen LogP contribution in [0.25, 0.3) is 0 Å². The second-order valence-corrected chi connectivity index (χ2v) is 5.11. The Kier molecular flexibility index (Phi) is 4.92. The summed E-state index contributed by atoms with van der Waals surface area (Å²) in [6.07, 6.45) is 0. The van der Waals surface area contributed by atoms with Crippen molar-refractivity contribution in [3.05, 3.63) is 40.1 Å². The minimum absolute atomic E-state index is 0.310. The number of urea groups is 1. The van der Waals surface area contributed by atoms with Crippen LogP contribution in [0.1, 0.15) is 25.5 Å². The fraction of sp³-hybridized carbons (Fsp3) is 0.333. The molecule has 0 aromatic heterocycles. The molecule has 2 amide bonds. The topological polar surface area (TPSA) is 76.7 Å². The van der Waals surface area contributed by atoms with Crippen molar-refractivity contribution in [1.29, 1.82) is 0 Å². The monoisotopic (exact) mass is 324 g/mol. The summed E-state index contributed by atoms with van der Waals surface area (Å²) < 4.78 is 10.4. The summed E-state index contributed by atoms with van der Waals surface area (Å²) in [5, 5.41) is 5.75. The molecule has 1 aliphatic heterocycles. The number of methoxy groups -OCH3 is 1. The zero-order chi connectivity index (χ0) is 16.3. The highest BCUT2D eigenvalue weighted by Crippen LogP contribution is 2.35. The van der Waals surface area contributed by atoms with Gasteiger partial charge in [0.1, 0.15) is 5.75 Å². The normalized spacial score (nSPS) is 17.6. The van der Waals surface area contributed by atoms with E-state index in [4.69, 9.17) is 21.1 Å². The van der Waals surface area contributed by atoms with E-state index in [1.165, 1.54) is 7.11 Å². The van der Waals surface area contributed by atoms with Gasteiger partial charge in [-0.2, -0.15) is 0 Å². The molecule has 0 bridgehead atoms. The number of halogens is 1. The molecular formula is C15H17ClN2O4. The highest BCUT2D eigenvalue weighted by Gasteiger charge is 2.33. The van der Waals surface area contributed by atoms with Gasteiger partial charge in [0.25, 0.3) is 0 Å². The van der Waals surface area contributed by atoms with E-state index in [2.05, 4.69) is 10.6 Å². The third-order valence-corrected chi connectivity index (χ3v) is 3.49. The lowest BCUT2D eigenvalue weighted by atomic mass is 9.95. The van der Waals surface area contributed by atoms with Gasteiger partial charge in [0, 0.05) is 16.3 Å². The molecule has 1 aliphatic rings. The molecule has 118 valence electrons. The van der Waals surface area contributed by atoms with Crippen molar-refractivity contribution in [2.45, 2.75) is 19.9 Å². The third-order valence-electron chi connectivity index (χ3n) is 3.26. The lowest BCUT2D eigenvalue weighted by molar-refractivity contribution is -0.136. The Balaban J connectivity index is 2.57. The van der Waals surface area contributed by atoms with Crippen LogP contribution in [0.15, 0.2) is 29.5 Å². The fourth-order valence-corrected chi connectivity index (χ4v) is 2.52. The van der Waals surface area contributed by atoms with Gasteiger partial charge in [-0.15, -0.1) is 0 Å². The van der Waals surface area contributed by atoms with Crippen molar-refractivity contribution in [2.75, 3.05) is 13.7 Å². The summed E-state index contributed by atoms with van der Waals surface area (Å²) in [4.78, 5) is 23.9. The first-order chi connectivity index (χ1) is 10.5. The van der Waals surface area contributed by atoms with Crippen molar-refractivity contribution in [2.24, 2.45) is 0 Å². The maximum absolute atomic E-state index is 12.1. The van der Waals surface area contributed by atoms with E-state index < -0.39 is 18.0 Å². The van der Waals surface area contributed by atoms with E-state index in [0.29, 0.717) is 34.2 Å². The van der Waals surface area contributed by atoms with Gasteiger partial charge in [0.2, 0.25) is 0 Å². The molecular weight excluding hydrogens is 308 g/mol. The van der Waals surface area contributed by atoms with E-state index in [1.807, 2.05) is 6.92 Å². The summed E-state index contributed by atoms with van der Waals surface area (Å²) in [5.41, 5.74) is 1.34. The molecule has 2 rings (SSSR count). The van der Waals surface area contributed by atoms with E-state index >= 15 is 0 Å². The average molecular weight is 325 g/mol. The van der Waals surface area contributed by atoms with Gasteiger partial charge in [0.05, 0.1) is 25.3 Å². The number of amides is 2. The quantitative estimate of drug-likeness (QED) is 0.834. The summed E-state index contributed by atoms with van der Waals surface area (Å²) in [7, 11) is 1.29. The van der Waals surface area contributed by atoms with E-state index in [-0.39, 0.29) is 0 Å². The maximum atomic E-state index is 12.1. The van der Waals surface area contributed by atoms with E-state index in [9.17, 15) is 9.59 Å². The van der Waals surface area contributed by atoms with Crippen molar-refractivity contribution in [3.63, 3.8) is 0 Å². The second kappa shape index (κ2) is 6.70. The second-order valence-electron chi connectivity index (χ2n) is 4.68. The molecule has 6 nitrogen and oxygen atoms in total. The number of allylic oxidation sites excluding steroid dienone is 1. The lowest BCUT2D eigenvalue weighted by Crippen LogP contribution is -2.45. The Bertz CT molecular complexity index is 642. The minimum Gasteiger partial charge on any atom is -0.494 e. The predicted octanol–water partition coefficient (Wildman–Crippen LogP) is 2.54. The number of hydrogen-bond acceptors (Lipinski definition) is 4. The molecule has 7 heteroatoms. The maximum Gasteiger partial charge on any atom is 0.337 e. The van der Waals surface area contributed by atoms with Crippen molar-refractivity contribution < 1.29 is 19.1 Å². The highest BCUT2D eigenvalue weighted by molar-refractivity contribution is 6.30. The Morgan fingerprint density at radius 3 is 2.77 bits per heavy atom. The number of carbonyl (C=O) groups is 2. The van der Waals surface area contributed by atoms with Crippen LogP contribution in [0.3, 0.4) is 0 Å². The molecule has 1 unspecified atom stereocenters. The predicted molar refractivity (Wildman–Crippen MR) is 81.7 cm³/mol. The first-order valence-corrected chi connectivity index (χ1v) is 7.14. The molecule has 0 fully saturated rings. The zero-order valence-corrected chi connectivity index (χ0v) is 13.3. The molecule has 22 heavy (non-hydrogen) atoms. The number of benzene rings is 1. The molecule has 0 aliphatic carbocycles. The Morgan fingerprint density at radius 1 is 1.41 bits per heavy atom. The number of rotatable bonds is 4. The fourth-order valence-electron chi connectivity index (χ4n) is 2.34. The minimum atomic E-state index is -0.693. The summed E-state index contributed by atoms with van der Waals surface area (Å²) in [6, 6.07) is 3.96. The van der Waals surface area contributed by atoms with Gasteiger partial charge in [0.15, 0.2) is 0 Å².